The van der Waals surface area contributed by atoms with E-state index in [0.717, 1.165) is 10.6 Å². The van der Waals surface area contributed by atoms with Crippen molar-refractivity contribution in [3.8, 4) is 0 Å². The summed E-state index contributed by atoms with van der Waals surface area (Å²) in [6, 6.07) is 13.0. The van der Waals surface area contributed by atoms with Gasteiger partial charge in [0, 0.05) is 12.6 Å². The number of rotatable bonds is 6. The van der Waals surface area contributed by atoms with Gasteiger partial charge in [0.15, 0.2) is 0 Å². The second-order valence-corrected chi connectivity index (χ2v) is 5.65. The molecule has 25 heavy (non-hydrogen) atoms. The van der Waals surface area contributed by atoms with Crippen LogP contribution in [0.1, 0.15) is 18.5 Å². The van der Waals surface area contributed by atoms with Crippen LogP contribution < -0.4 is 15.5 Å². The zero-order chi connectivity index (χ0) is 17.6. The first-order valence-corrected chi connectivity index (χ1v) is 8.01. The number of aromatic nitrogens is 1. The Morgan fingerprint density at radius 1 is 1.12 bits per heavy atom. The van der Waals surface area contributed by atoms with Crippen molar-refractivity contribution in [2.45, 2.75) is 25.4 Å². The smallest absolute Gasteiger partial charge is 0.329 e. The summed E-state index contributed by atoms with van der Waals surface area (Å²) in [5, 5.41) is 5.38. The molecular weight excluding hydrogens is 320 g/mol. The van der Waals surface area contributed by atoms with Crippen LogP contribution in [0.4, 0.5) is 10.5 Å². The van der Waals surface area contributed by atoms with Crippen molar-refractivity contribution in [2.75, 3.05) is 4.90 Å². The van der Waals surface area contributed by atoms with Crippen LogP contribution in [0.2, 0.25) is 0 Å². The first-order valence-electron chi connectivity index (χ1n) is 8.01. The van der Waals surface area contributed by atoms with E-state index in [1.54, 1.807) is 36.5 Å². The number of urea groups is 1. The third kappa shape index (κ3) is 4.00. The first-order chi connectivity index (χ1) is 12.1. The van der Waals surface area contributed by atoms with E-state index in [9.17, 15) is 14.4 Å². The minimum absolute atomic E-state index is 0.145. The number of carbonyl (C=O) groups excluding carboxylic acids is 3. The maximum atomic E-state index is 12.4. The maximum absolute atomic E-state index is 12.4. The van der Waals surface area contributed by atoms with Crippen molar-refractivity contribution in [3.05, 3.63) is 60.4 Å². The molecule has 1 aliphatic heterocycles. The summed E-state index contributed by atoms with van der Waals surface area (Å²) >= 11 is 0. The molecule has 3 rings (SSSR count). The molecule has 0 saturated carbocycles. The Labute approximate surface area is 145 Å². The second-order valence-electron chi connectivity index (χ2n) is 5.65. The summed E-state index contributed by atoms with van der Waals surface area (Å²) in [7, 11) is 0. The van der Waals surface area contributed by atoms with E-state index in [2.05, 4.69) is 15.6 Å². The van der Waals surface area contributed by atoms with Gasteiger partial charge in [0.1, 0.15) is 6.04 Å². The number of hydrogen-bond acceptors (Lipinski definition) is 4. The molecule has 0 bridgehead atoms. The highest BCUT2D eigenvalue weighted by atomic mass is 16.2. The van der Waals surface area contributed by atoms with Crippen LogP contribution in [0.25, 0.3) is 0 Å². The lowest BCUT2D eigenvalue weighted by Crippen LogP contribution is -2.32. The van der Waals surface area contributed by atoms with Crippen LogP contribution in [-0.4, -0.2) is 28.9 Å². The number of amides is 4. The third-order valence-electron chi connectivity index (χ3n) is 3.89. The Bertz CT molecular complexity index is 764. The van der Waals surface area contributed by atoms with E-state index < -0.39 is 12.1 Å². The number of imide groups is 1. The van der Waals surface area contributed by atoms with E-state index in [0.29, 0.717) is 12.2 Å². The molecule has 1 saturated heterocycles. The average Bonchev–Trinajstić information content (AvgIpc) is 2.93. The van der Waals surface area contributed by atoms with Crippen LogP contribution in [0.3, 0.4) is 0 Å². The summed E-state index contributed by atoms with van der Waals surface area (Å²) in [6.07, 6.45) is 2.06. The molecule has 4 amide bonds. The summed E-state index contributed by atoms with van der Waals surface area (Å²) in [4.78, 5) is 41.6. The van der Waals surface area contributed by atoms with Crippen LogP contribution in [0.15, 0.2) is 54.7 Å². The number of pyridine rings is 1. The molecular formula is C18H18N4O3. The molecule has 1 atom stereocenters. The van der Waals surface area contributed by atoms with Crippen LogP contribution in [0.5, 0.6) is 0 Å². The molecule has 7 nitrogen and oxygen atoms in total. The van der Waals surface area contributed by atoms with Gasteiger partial charge in [-0.05, 0) is 30.7 Å². The lowest BCUT2D eigenvalue weighted by atomic mass is 10.1. The number of hydrogen-bond donors (Lipinski definition) is 2. The molecule has 0 aliphatic carbocycles. The number of carbonyl (C=O) groups is 3. The summed E-state index contributed by atoms with van der Waals surface area (Å²) in [5.74, 6) is -0.528. The highest BCUT2D eigenvalue weighted by Crippen LogP contribution is 2.20. The SMILES string of the molecule is O=C(CC[C@H]1NC(=O)N(c2ccccc2)C1=O)NCc1ccccn1. The molecule has 0 unspecified atom stereocenters. The molecule has 1 aromatic heterocycles. The number of para-hydroxylation sites is 1. The molecule has 128 valence electrons. The highest BCUT2D eigenvalue weighted by Gasteiger charge is 2.38. The fourth-order valence-electron chi connectivity index (χ4n) is 2.60. The molecule has 2 heterocycles. The van der Waals surface area contributed by atoms with Gasteiger partial charge in [0.2, 0.25) is 5.91 Å². The average molecular weight is 338 g/mol. The van der Waals surface area contributed by atoms with Gasteiger partial charge in [-0.3, -0.25) is 14.6 Å². The molecule has 0 spiro atoms. The number of anilines is 1. The zero-order valence-corrected chi connectivity index (χ0v) is 13.5. The summed E-state index contributed by atoms with van der Waals surface area (Å²) < 4.78 is 0. The predicted octanol–water partition coefficient (Wildman–Crippen LogP) is 1.60. The number of nitrogens with one attached hydrogen (secondary N) is 2. The monoisotopic (exact) mass is 338 g/mol. The predicted molar refractivity (Wildman–Crippen MR) is 91.6 cm³/mol. The van der Waals surface area contributed by atoms with Gasteiger partial charge in [-0.15, -0.1) is 0 Å². The Hall–Kier alpha value is -3.22. The fourth-order valence-corrected chi connectivity index (χ4v) is 2.60. The van der Waals surface area contributed by atoms with Crippen molar-refractivity contribution >= 4 is 23.5 Å². The maximum Gasteiger partial charge on any atom is 0.329 e. The zero-order valence-electron chi connectivity index (χ0n) is 13.5. The van der Waals surface area contributed by atoms with Gasteiger partial charge in [0.25, 0.3) is 5.91 Å². The Kier molecular flexibility index (Phi) is 5.03. The third-order valence-corrected chi connectivity index (χ3v) is 3.89. The molecule has 1 fully saturated rings. The van der Waals surface area contributed by atoms with Crippen molar-refractivity contribution < 1.29 is 14.4 Å². The molecule has 7 heteroatoms. The Morgan fingerprint density at radius 2 is 1.88 bits per heavy atom. The fraction of sp³-hybridized carbons (Fsp3) is 0.222. The highest BCUT2D eigenvalue weighted by molar-refractivity contribution is 6.21. The minimum Gasteiger partial charge on any atom is -0.350 e. The molecule has 1 aliphatic rings. The van der Waals surface area contributed by atoms with Crippen LogP contribution in [-0.2, 0) is 16.1 Å². The molecule has 2 aromatic rings. The van der Waals surface area contributed by atoms with Crippen molar-refractivity contribution in [1.82, 2.24) is 15.6 Å². The topological polar surface area (TPSA) is 91.4 Å². The first kappa shape index (κ1) is 16.6. The van der Waals surface area contributed by atoms with Gasteiger partial charge in [0.05, 0.1) is 17.9 Å². The van der Waals surface area contributed by atoms with E-state index >= 15 is 0 Å². The largest absolute Gasteiger partial charge is 0.350 e. The Morgan fingerprint density at radius 3 is 2.60 bits per heavy atom. The number of benzene rings is 1. The minimum atomic E-state index is -0.687. The summed E-state index contributed by atoms with van der Waals surface area (Å²) in [6.45, 7) is 0.334. The van der Waals surface area contributed by atoms with Crippen LogP contribution in [0, 0.1) is 0 Å². The number of nitrogens with zero attached hydrogens (tertiary/aromatic N) is 2. The lowest BCUT2D eigenvalue weighted by Gasteiger charge is -2.12. The van der Waals surface area contributed by atoms with Crippen molar-refractivity contribution in [2.24, 2.45) is 0 Å². The Balaban J connectivity index is 1.51. The lowest BCUT2D eigenvalue weighted by molar-refractivity contribution is -0.122. The van der Waals surface area contributed by atoms with Crippen molar-refractivity contribution in [3.63, 3.8) is 0 Å². The normalized spacial score (nSPS) is 16.6. The summed E-state index contributed by atoms with van der Waals surface area (Å²) in [5.41, 5.74) is 1.28. The molecule has 1 aromatic carbocycles. The quantitative estimate of drug-likeness (QED) is 0.783. The van der Waals surface area contributed by atoms with Gasteiger partial charge in [-0.1, -0.05) is 24.3 Å². The van der Waals surface area contributed by atoms with E-state index in [1.807, 2.05) is 18.2 Å². The van der Waals surface area contributed by atoms with Crippen molar-refractivity contribution in [1.29, 1.82) is 0 Å². The van der Waals surface area contributed by atoms with E-state index in [1.165, 1.54) is 0 Å². The van der Waals surface area contributed by atoms with E-state index in [-0.39, 0.29) is 24.7 Å². The molecule has 0 radical (unpaired) electrons. The van der Waals surface area contributed by atoms with Gasteiger partial charge in [-0.25, -0.2) is 9.69 Å². The standard InChI is InChI=1S/C18H18N4O3/c23-16(20-12-13-6-4-5-11-19-13)10-9-15-17(24)22(18(25)21-15)14-7-2-1-3-8-14/h1-8,11,15H,9-10,12H2,(H,20,23)(H,21,25)/t15-/m1/s1. The van der Waals surface area contributed by atoms with Crippen LogP contribution >= 0.6 is 0 Å². The van der Waals surface area contributed by atoms with Gasteiger partial charge in [-0.2, -0.15) is 0 Å². The van der Waals surface area contributed by atoms with Gasteiger partial charge < -0.3 is 10.6 Å². The van der Waals surface area contributed by atoms with E-state index in [4.69, 9.17) is 0 Å². The second kappa shape index (κ2) is 7.57. The van der Waals surface area contributed by atoms with Gasteiger partial charge >= 0.3 is 6.03 Å². The molecule has 2 N–H and O–H groups in total.